The number of likely N-dealkylation sites (N-methyl/N-ethyl adjacent to an activating group) is 1. The fourth-order valence-electron chi connectivity index (χ4n) is 3.09. The summed E-state index contributed by atoms with van der Waals surface area (Å²) in [5.74, 6) is 0. The molecule has 1 N–H and O–H groups in total. The number of hydrogen-bond donors (Lipinski definition) is 1. The van der Waals surface area contributed by atoms with E-state index in [1.165, 1.54) is 47.0 Å². The van der Waals surface area contributed by atoms with E-state index in [2.05, 4.69) is 58.6 Å². The molecule has 1 aliphatic rings. The molecular formula is C18H22BrNS. The van der Waals surface area contributed by atoms with E-state index in [1.807, 2.05) is 11.3 Å². The van der Waals surface area contributed by atoms with Gasteiger partial charge in [0, 0.05) is 20.3 Å². The monoisotopic (exact) mass is 363 g/mol. The summed E-state index contributed by atoms with van der Waals surface area (Å²) in [6.07, 6.45) is 7.71. The highest BCUT2D eigenvalue weighted by atomic mass is 79.9. The van der Waals surface area contributed by atoms with Gasteiger partial charge >= 0.3 is 0 Å². The lowest BCUT2D eigenvalue weighted by Crippen LogP contribution is -2.17. The van der Waals surface area contributed by atoms with Crippen molar-refractivity contribution < 1.29 is 0 Å². The first-order valence-corrected chi connectivity index (χ1v) is 9.41. The lowest BCUT2D eigenvalue weighted by molar-refractivity contribution is 0.600. The first-order valence-electron chi connectivity index (χ1n) is 7.80. The summed E-state index contributed by atoms with van der Waals surface area (Å²) >= 11 is 5.70. The van der Waals surface area contributed by atoms with E-state index < -0.39 is 0 Å². The molecule has 1 aromatic heterocycles. The average molecular weight is 364 g/mol. The fraction of sp³-hybridized carbons (Fsp3) is 0.444. The van der Waals surface area contributed by atoms with Crippen molar-refractivity contribution in [2.24, 2.45) is 0 Å². The largest absolute Gasteiger partial charge is 0.312 e. The van der Waals surface area contributed by atoms with Gasteiger partial charge in [-0.15, -0.1) is 11.3 Å². The van der Waals surface area contributed by atoms with E-state index in [9.17, 15) is 0 Å². The van der Waals surface area contributed by atoms with Crippen LogP contribution in [0.5, 0.6) is 0 Å². The Hall–Kier alpha value is -0.640. The minimum absolute atomic E-state index is 0.417. The van der Waals surface area contributed by atoms with E-state index in [4.69, 9.17) is 0 Å². The van der Waals surface area contributed by atoms with Crippen LogP contribution < -0.4 is 5.32 Å². The van der Waals surface area contributed by atoms with Crippen molar-refractivity contribution in [3.63, 3.8) is 0 Å². The summed E-state index contributed by atoms with van der Waals surface area (Å²) in [5, 5.41) is 3.51. The van der Waals surface area contributed by atoms with Gasteiger partial charge < -0.3 is 5.32 Å². The normalized spacial score (nSPS) is 16.3. The molecule has 1 nitrogen and oxygen atoms in total. The second kappa shape index (κ2) is 7.08. The highest BCUT2D eigenvalue weighted by Crippen LogP contribution is 2.34. The minimum Gasteiger partial charge on any atom is -0.312 e. The first kappa shape index (κ1) is 15.3. The lowest BCUT2D eigenvalue weighted by Gasteiger charge is -2.15. The number of rotatable bonds is 4. The van der Waals surface area contributed by atoms with E-state index in [1.54, 1.807) is 10.4 Å². The van der Waals surface area contributed by atoms with Crippen LogP contribution in [0.25, 0.3) is 0 Å². The van der Waals surface area contributed by atoms with Crippen molar-refractivity contribution in [2.45, 2.75) is 44.6 Å². The molecule has 0 saturated carbocycles. The summed E-state index contributed by atoms with van der Waals surface area (Å²) in [5.41, 5.74) is 2.99. The maximum Gasteiger partial charge on any atom is 0.0453 e. The van der Waals surface area contributed by atoms with Crippen LogP contribution in [-0.2, 0) is 19.3 Å². The maximum absolute atomic E-state index is 3.67. The van der Waals surface area contributed by atoms with Gasteiger partial charge in [-0.2, -0.15) is 0 Å². The Morgan fingerprint density at radius 2 is 2.00 bits per heavy atom. The number of fused-ring (bicyclic) bond motifs is 1. The number of nitrogens with one attached hydrogen (secondary N) is 1. The predicted molar refractivity (Wildman–Crippen MR) is 95.2 cm³/mol. The topological polar surface area (TPSA) is 12.0 Å². The molecular weight excluding hydrogens is 342 g/mol. The van der Waals surface area contributed by atoms with Crippen LogP contribution in [-0.4, -0.2) is 7.05 Å². The van der Waals surface area contributed by atoms with Crippen molar-refractivity contribution in [3.8, 4) is 0 Å². The Morgan fingerprint density at radius 3 is 2.81 bits per heavy atom. The third kappa shape index (κ3) is 3.58. The van der Waals surface area contributed by atoms with Gasteiger partial charge in [-0.1, -0.05) is 40.5 Å². The molecule has 3 heteroatoms. The predicted octanol–water partition coefficient (Wildman–Crippen LogP) is 5.28. The number of thiophene rings is 1. The summed E-state index contributed by atoms with van der Waals surface area (Å²) in [7, 11) is 2.08. The molecule has 1 aromatic carbocycles. The number of hydrogen-bond acceptors (Lipinski definition) is 2. The number of aryl methyl sites for hydroxylation is 2. The summed E-state index contributed by atoms with van der Waals surface area (Å²) in [6.45, 7) is 0. The molecule has 3 rings (SSSR count). The molecule has 0 amide bonds. The summed E-state index contributed by atoms with van der Waals surface area (Å²) in [6, 6.07) is 11.4. The molecule has 1 unspecified atom stereocenters. The number of halogens is 1. The van der Waals surface area contributed by atoms with Gasteiger partial charge in [-0.3, -0.25) is 0 Å². The van der Waals surface area contributed by atoms with Crippen LogP contribution in [0.2, 0.25) is 0 Å². The van der Waals surface area contributed by atoms with Crippen molar-refractivity contribution in [1.82, 2.24) is 5.32 Å². The van der Waals surface area contributed by atoms with Crippen LogP contribution in [0.15, 0.2) is 34.8 Å². The molecule has 1 atom stereocenters. The van der Waals surface area contributed by atoms with Gasteiger partial charge in [0.1, 0.15) is 0 Å². The Kier molecular flexibility index (Phi) is 5.15. The van der Waals surface area contributed by atoms with E-state index >= 15 is 0 Å². The Bertz CT molecular complexity index is 582. The molecule has 0 fully saturated rings. The van der Waals surface area contributed by atoms with Gasteiger partial charge in [0.15, 0.2) is 0 Å². The van der Waals surface area contributed by atoms with Gasteiger partial charge in [-0.05, 0) is 62.4 Å². The zero-order chi connectivity index (χ0) is 14.7. The Balaban J connectivity index is 1.82. The highest BCUT2D eigenvalue weighted by molar-refractivity contribution is 9.10. The first-order chi connectivity index (χ1) is 10.3. The maximum atomic E-state index is 3.67. The SMILES string of the molecule is CNC(Cc1ccccc1Br)c1cc2c(s1)CCCCC2. The van der Waals surface area contributed by atoms with Crippen LogP contribution in [0, 0.1) is 0 Å². The summed E-state index contributed by atoms with van der Waals surface area (Å²) in [4.78, 5) is 3.13. The van der Waals surface area contributed by atoms with Crippen molar-refractivity contribution in [3.05, 3.63) is 55.7 Å². The molecule has 0 bridgehead atoms. The summed E-state index contributed by atoms with van der Waals surface area (Å²) < 4.78 is 1.21. The van der Waals surface area contributed by atoms with Crippen molar-refractivity contribution >= 4 is 27.3 Å². The van der Waals surface area contributed by atoms with Crippen LogP contribution in [0.4, 0.5) is 0 Å². The van der Waals surface area contributed by atoms with E-state index in [0.717, 1.165) is 6.42 Å². The van der Waals surface area contributed by atoms with Crippen molar-refractivity contribution in [1.29, 1.82) is 0 Å². The smallest absolute Gasteiger partial charge is 0.0453 e. The second-order valence-electron chi connectivity index (χ2n) is 5.79. The molecule has 1 aliphatic carbocycles. The third-order valence-corrected chi connectivity index (χ3v) is 6.46. The van der Waals surface area contributed by atoms with Gasteiger partial charge in [0.2, 0.25) is 0 Å². The zero-order valence-electron chi connectivity index (χ0n) is 12.5. The number of benzene rings is 1. The zero-order valence-corrected chi connectivity index (χ0v) is 14.9. The molecule has 0 saturated heterocycles. The van der Waals surface area contributed by atoms with Gasteiger partial charge in [0.25, 0.3) is 0 Å². The quantitative estimate of drug-likeness (QED) is 0.728. The molecule has 1 heterocycles. The molecule has 2 aromatic rings. The minimum atomic E-state index is 0.417. The molecule has 0 radical (unpaired) electrons. The van der Waals surface area contributed by atoms with Crippen LogP contribution in [0.3, 0.4) is 0 Å². The molecule has 0 aliphatic heterocycles. The van der Waals surface area contributed by atoms with E-state index in [0.29, 0.717) is 6.04 Å². The molecule has 112 valence electrons. The average Bonchev–Trinajstić information content (AvgIpc) is 2.77. The standard InChI is InChI=1S/C18H22BrNS/c1-20-16(11-13-7-5-6-9-15(13)19)18-12-14-8-3-2-4-10-17(14)21-18/h5-7,9,12,16,20H,2-4,8,10-11H2,1H3. The highest BCUT2D eigenvalue weighted by Gasteiger charge is 2.18. The van der Waals surface area contributed by atoms with E-state index in [-0.39, 0.29) is 0 Å². The Labute approximate surface area is 139 Å². The third-order valence-electron chi connectivity index (χ3n) is 4.34. The Morgan fingerprint density at radius 1 is 1.19 bits per heavy atom. The van der Waals surface area contributed by atoms with Crippen molar-refractivity contribution in [2.75, 3.05) is 7.05 Å². The second-order valence-corrected chi connectivity index (χ2v) is 7.82. The molecule has 0 spiro atoms. The van der Waals surface area contributed by atoms with Gasteiger partial charge in [0.05, 0.1) is 0 Å². The van der Waals surface area contributed by atoms with Gasteiger partial charge in [-0.25, -0.2) is 0 Å². The van der Waals surface area contributed by atoms with Crippen LogP contribution >= 0.6 is 27.3 Å². The fourth-order valence-corrected chi connectivity index (χ4v) is 4.91. The van der Waals surface area contributed by atoms with Crippen LogP contribution in [0.1, 0.15) is 46.2 Å². The lowest BCUT2D eigenvalue weighted by atomic mass is 10.0. The molecule has 21 heavy (non-hydrogen) atoms.